The molecule has 1 aliphatic carbocycles. The number of rotatable bonds is 5. The SMILES string of the molecule is Cc1nc([C@@H](C)n2cnc3sc4c(c3c2=O)CC[C@H](NCc2cc(F)cc(F)c2)C4)cs1. The van der Waals surface area contributed by atoms with Crippen LogP contribution in [0, 0.1) is 18.6 Å². The fourth-order valence-electron chi connectivity index (χ4n) is 4.32. The minimum atomic E-state index is -0.568. The van der Waals surface area contributed by atoms with Crippen molar-refractivity contribution in [2.75, 3.05) is 0 Å². The summed E-state index contributed by atoms with van der Waals surface area (Å²) in [7, 11) is 0. The second-order valence-electron chi connectivity index (χ2n) is 8.21. The highest BCUT2D eigenvalue weighted by atomic mass is 32.1. The number of nitrogens with zero attached hydrogens (tertiary/aromatic N) is 3. The van der Waals surface area contributed by atoms with Gasteiger partial charge in [0.05, 0.1) is 28.5 Å². The molecule has 4 aromatic rings. The Morgan fingerprint density at radius 1 is 1.28 bits per heavy atom. The molecule has 9 heteroatoms. The molecular weight excluding hydrogens is 450 g/mol. The number of benzene rings is 1. The largest absolute Gasteiger partial charge is 0.310 e. The van der Waals surface area contributed by atoms with Crippen LogP contribution in [0.1, 0.15) is 46.1 Å². The average Bonchev–Trinajstić information content (AvgIpc) is 3.34. The van der Waals surface area contributed by atoms with Gasteiger partial charge in [0, 0.05) is 28.9 Å². The molecule has 0 fully saturated rings. The van der Waals surface area contributed by atoms with Gasteiger partial charge in [0.25, 0.3) is 5.56 Å². The van der Waals surface area contributed by atoms with Crippen LogP contribution in [0.15, 0.2) is 34.7 Å². The lowest BCUT2D eigenvalue weighted by Crippen LogP contribution is -2.34. The van der Waals surface area contributed by atoms with Crippen molar-refractivity contribution in [3.05, 3.63) is 78.6 Å². The number of thiazole rings is 1. The molecule has 0 saturated heterocycles. The maximum Gasteiger partial charge on any atom is 0.262 e. The highest BCUT2D eigenvalue weighted by Crippen LogP contribution is 2.34. The van der Waals surface area contributed by atoms with E-state index in [1.165, 1.54) is 12.1 Å². The van der Waals surface area contributed by atoms with E-state index >= 15 is 0 Å². The van der Waals surface area contributed by atoms with E-state index in [0.717, 1.165) is 56.7 Å². The van der Waals surface area contributed by atoms with Crippen molar-refractivity contribution in [2.24, 2.45) is 0 Å². The first-order valence-corrected chi connectivity index (χ1v) is 12.2. The monoisotopic (exact) mass is 472 g/mol. The summed E-state index contributed by atoms with van der Waals surface area (Å²) >= 11 is 3.14. The summed E-state index contributed by atoms with van der Waals surface area (Å²) in [6, 6.07) is 3.58. The van der Waals surface area contributed by atoms with Crippen molar-refractivity contribution in [1.29, 1.82) is 0 Å². The van der Waals surface area contributed by atoms with Crippen LogP contribution in [0.2, 0.25) is 0 Å². The Balaban J connectivity index is 1.38. The summed E-state index contributed by atoms with van der Waals surface area (Å²) in [5.41, 5.74) is 2.53. The molecule has 2 atom stereocenters. The van der Waals surface area contributed by atoms with Crippen molar-refractivity contribution in [2.45, 2.75) is 51.7 Å². The van der Waals surface area contributed by atoms with Gasteiger partial charge in [-0.15, -0.1) is 22.7 Å². The zero-order valence-electron chi connectivity index (χ0n) is 17.7. The smallest absolute Gasteiger partial charge is 0.262 e. The minimum Gasteiger partial charge on any atom is -0.310 e. The predicted octanol–water partition coefficient (Wildman–Crippen LogP) is 4.76. The molecule has 0 spiro atoms. The van der Waals surface area contributed by atoms with E-state index in [2.05, 4.69) is 15.3 Å². The van der Waals surface area contributed by atoms with Gasteiger partial charge in [-0.2, -0.15) is 0 Å². The normalized spacial score (nSPS) is 16.9. The summed E-state index contributed by atoms with van der Waals surface area (Å²) < 4.78 is 28.5. The number of aryl methyl sites for hydroxylation is 2. The van der Waals surface area contributed by atoms with Crippen molar-refractivity contribution in [1.82, 2.24) is 19.9 Å². The number of hydrogen-bond donors (Lipinski definition) is 1. The fourth-order valence-corrected chi connectivity index (χ4v) is 6.28. The third kappa shape index (κ3) is 4.00. The molecule has 1 aliphatic rings. The maximum absolute atomic E-state index is 13.4. The van der Waals surface area contributed by atoms with Gasteiger partial charge >= 0.3 is 0 Å². The van der Waals surface area contributed by atoms with E-state index in [-0.39, 0.29) is 17.6 Å². The number of nitrogens with one attached hydrogen (secondary N) is 1. The molecule has 0 bridgehead atoms. The first-order valence-electron chi connectivity index (χ1n) is 10.5. The molecule has 32 heavy (non-hydrogen) atoms. The molecule has 0 saturated carbocycles. The molecule has 5 rings (SSSR count). The topological polar surface area (TPSA) is 59.8 Å². The van der Waals surface area contributed by atoms with Gasteiger partial charge in [0.15, 0.2) is 0 Å². The molecule has 0 unspecified atom stereocenters. The van der Waals surface area contributed by atoms with Gasteiger partial charge in [-0.25, -0.2) is 18.7 Å². The fraction of sp³-hybridized carbons (Fsp3) is 0.348. The Kier molecular flexibility index (Phi) is 5.65. The first kappa shape index (κ1) is 21.4. The van der Waals surface area contributed by atoms with Crippen molar-refractivity contribution in [3.8, 4) is 0 Å². The number of aromatic nitrogens is 3. The van der Waals surface area contributed by atoms with Gasteiger partial charge in [-0.05, 0) is 56.4 Å². The van der Waals surface area contributed by atoms with Gasteiger partial charge in [-0.1, -0.05) is 0 Å². The van der Waals surface area contributed by atoms with Crippen LogP contribution in [0.4, 0.5) is 8.78 Å². The Bertz CT molecular complexity index is 1340. The van der Waals surface area contributed by atoms with E-state index in [1.807, 2.05) is 19.2 Å². The van der Waals surface area contributed by atoms with Crippen LogP contribution in [-0.2, 0) is 19.4 Å². The molecular formula is C23H22F2N4OS2. The van der Waals surface area contributed by atoms with Crippen LogP contribution in [0.5, 0.6) is 0 Å². The van der Waals surface area contributed by atoms with Crippen LogP contribution in [-0.4, -0.2) is 20.6 Å². The molecule has 1 N–H and O–H groups in total. The van der Waals surface area contributed by atoms with E-state index < -0.39 is 11.6 Å². The van der Waals surface area contributed by atoms with Crippen LogP contribution < -0.4 is 10.9 Å². The predicted molar refractivity (Wildman–Crippen MR) is 124 cm³/mol. The van der Waals surface area contributed by atoms with Crippen molar-refractivity contribution >= 4 is 32.9 Å². The molecule has 0 amide bonds. The van der Waals surface area contributed by atoms with Crippen LogP contribution >= 0.6 is 22.7 Å². The molecule has 3 heterocycles. The van der Waals surface area contributed by atoms with E-state index in [0.29, 0.717) is 12.1 Å². The summed E-state index contributed by atoms with van der Waals surface area (Å²) in [6.45, 7) is 4.32. The molecule has 1 aromatic carbocycles. The Hall–Kier alpha value is -2.49. The van der Waals surface area contributed by atoms with Crippen molar-refractivity contribution < 1.29 is 8.78 Å². The zero-order chi connectivity index (χ0) is 22.4. The lowest BCUT2D eigenvalue weighted by molar-refractivity contribution is 0.460. The van der Waals surface area contributed by atoms with Crippen molar-refractivity contribution in [3.63, 3.8) is 0 Å². The average molecular weight is 473 g/mol. The van der Waals surface area contributed by atoms with E-state index in [4.69, 9.17) is 0 Å². The lowest BCUT2D eigenvalue weighted by Gasteiger charge is -2.23. The third-order valence-electron chi connectivity index (χ3n) is 5.99. The highest BCUT2D eigenvalue weighted by molar-refractivity contribution is 7.18. The number of fused-ring (bicyclic) bond motifs is 3. The highest BCUT2D eigenvalue weighted by Gasteiger charge is 2.26. The maximum atomic E-state index is 13.4. The van der Waals surface area contributed by atoms with E-state index in [1.54, 1.807) is 33.6 Å². The minimum absolute atomic E-state index is 0.0210. The molecule has 3 aromatic heterocycles. The third-order valence-corrected chi connectivity index (χ3v) is 7.95. The standard InChI is InChI=1S/C23H22F2N4OS2/c1-12(19-10-31-13(2)28-19)29-11-27-22-21(23(29)30)18-4-3-17(8-20(18)32-22)26-9-14-5-15(24)7-16(25)6-14/h5-7,10-12,17,26H,3-4,8-9H2,1-2H3/t12-,17+/m1/s1. The molecule has 0 aliphatic heterocycles. The van der Waals surface area contributed by atoms with Gasteiger partial charge in [0.2, 0.25) is 0 Å². The first-order chi connectivity index (χ1) is 15.4. The molecule has 0 radical (unpaired) electrons. The number of hydrogen-bond acceptors (Lipinski definition) is 6. The van der Waals surface area contributed by atoms with Gasteiger partial charge in [-0.3, -0.25) is 9.36 Å². The second kappa shape index (κ2) is 8.46. The summed E-state index contributed by atoms with van der Waals surface area (Å²) in [6.07, 6.45) is 4.02. The Morgan fingerprint density at radius 3 is 2.78 bits per heavy atom. The quantitative estimate of drug-likeness (QED) is 0.455. The Morgan fingerprint density at radius 2 is 2.06 bits per heavy atom. The number of thiophene rings is 1. The Labute approximate surface area is 191 Å². The summed E-state index contributed by atoms with van der Waals surface area (Å²) in [4.78, 5) is 24.4. The second-order valence-corrected chi connectivity index (χ2v) is 10.4. The molecule has 166 valence electrons. The van der Waals surface area contributed by atoms with E-state index in [9.17, 15) is 13.6 Å². The van der Waals surface area contributed by atoms with Gasteiger partial charge < -0.3 is 5.32 Å². The number of halogens is 2. The van der Waals surface area contributed by atoms with Crippen LogP contribution in [0.3, 0.4) is 0 Å². The van der Waals surface area contributed by atoms with Crippen LogP contribution in [0.25, 0.3) is 10.2 Å². The summed E-state index contributed by atoms with van der Waals surface area (Å²) in [5.74, 6) is -1.14. The summed E-state index contributed by atoms with van der Waals surface area (Å²) in [5, 5.41) is 7.09. The zero-order valence-corrected chi connectivity index (χ0v) is 19.3. The lowest BCUT2D eigenvalue weighted by atomic mass is 9.93. The molecule has 5 nitrogen and oxygen atoms in total. The van der Waals surface area contributed by atoms with Gasteiger partial charge in [0.1, 0.15) is 16.5 Å².